The zero-order chi connectivity index (χ0) is 15.2. The number of rotatable bonds is 4. The number of halogens is 1. The molecule has 2 rings (SSSR count). The van der Waals surface area contributed by atoms with Crippen molar-refractivity contribution in [3.05, 3.63) is 63.6 Å². The fourth-order valence-electron chi connectivity index (χ4n) is 1.84. The summed E-state index contributed by atoms with van der Waals surface area (Å²) in [5.74, 6) is -0.0932. The smallest absolute Gasteiger partial charge is 0.251 e. The van der Waals surface area contributed by atoms with Crippen LogP contribution >= 0.6 is 15.9 Å². The topological polar surface area (TPSA) is 64.9 Å². The first kappa shape index (κ1) is 15.1. The molecular formula is C16H14BrN3O. The van der Waals surface area contributed by atoms with Gasteiger partial charge in [-0.2, -0.15) is 5.26 Å². The summed E-state index contributed by atoms with van der Waals surface area (Å²) in [6, 6.07) is 14.9. The number of amides is 1. The monoisotopic (exact) mass is 343 g/mol. The Balaban J connectivity index is 2.03. The Hall–Kier alpha value is -2.32. The number of benzene rings is 2. The van der Waals surface area contributed by atoms with E-state index in [1.54, 1.807) is 31.3 Å². The Kier molecular flexibility index (Phi) is 4.96. The third kappa shape index (κ3) is 3.83. The summed E-state index contributed by atoms with van der Waals surface area (Å²) < 4.78 is 0.850. The van der Waals surface area contributed by atoms with Crippen molar-refractivity contribution in [2.75, 3.05) is 12.4 Å². The van der Waals surface area contributed by atoms with Crippen LogP contribution in [-0.2, 0) is 6.54 Å². The van der Waals surface area contributed by atoms with Gasteiger partial charge in [0.25, 0.3) is 5.91 Å². The molecule has 5 heteroatoms. The van der Waals surface area contributed by atoms with Gasteiger partial charge >= 0.3 is 0 Å². The van der Waals surface area contributed by atoms with E-state index >= 15 is 0 Å². The van der Waals surface area contributed by atoms with Gasteiger partial charge in [-0.3, -0.25) is 4.79 Å². The van der Waals surface area contributed by atoms with Crippen LogP contribution in [0.2, 0.25) is 0 Å². The molecule has 0 bridgehead atoms. The quantitative estimate of drug-likeness (QED) is 0.895. The Morgan fingerprint density at radius 2 is 1.95 bits per heavy atom. The number of carbonyl (C=O) groups excluding carboxylic acids is 1. The van der Waals surface area contributed by atoms with Crippen LogP contribution in [0, 0.1) is 11.3 Å². The van der Waals surface area contributed by atoms with Gasteiger partial charge in [0, 0.05) is 29.3 Å². The Labute approximate surface area is 131 Å². The van der Waals surface area contributed by atoms with E-state index in [1.807, 2.05) is 18.2 Å². The van der Waals surface area contributed by atoms with E-state index in [2.05, 4.69) is 32.6 Å². The molecule has 1 amide bonds. The van der Waals surface area contributed by atoms with Crippen molar-refractivity contribution < 1.29 is 4.79 Å². The maximum Gasteiger partial charge on any atom is 0.251 e. The second-order valence-corrected chi connectivity index (χ2v) is 5.29. The van der Waals surface area contributed by atoms with Crippen LogP contribution in [0.5, 0.6) is 0 Å². The van der Waals surface area contributed by atoms with Crippen molar-refractivity contribution in [3.63, 3.8) is 0 Å². The second kappa shape index (κ2) is 6.91. The lowest BCUT2D eigenvalue weighted by atomic mass is 10.1. The molecule has 0 radical (unpaired) electrons. The molecule has 0 saturated heterocycles. The van der Waals surface area contributed by atoms with E-state index in [0.717, 1.165) is 15.7 Å². The van der Waals surface area contributed by atoms with Crippen molar-refractivity contribution >= 4 is 27.5 Å². The molecule has 0 aliphatic rings. The average Bonchev–Trinajstić information content (AvgIpc) is 2.53. The van der Waals surface area contributed by atoms with Crippen LogP contribution in [0.15, 0.2) is 46.9 Å². The zero-order valence-electron chi connectivity index (χ0n) is 11.5. The predicted molar refractivity (Wildman–Crippen MR) is 86.0 cm³/mol. The molecule has 0 fully saturated rings. The van der Waals surface area contributed by atoms with Gasteiger partial charge in [0.15, 0.2) is 0 Å². The highest BCUT2D eigenvalue weighted by Crippen LogP contribution is 2.24. The maximum absolute atomic E-state index is 11.4. The molecule has 0 heterocycles. The van der Waals surface area contributed by atoms with Crippen molar-refractivity contribution in [1.82, 2.24) is 5.32 Å². The Bertz CT molecular complexity index is 690. The number of hydrogen-bond donors (Lipinski definition) is 2. The zero-order valence-corrected chi connectivity index (χ0v) is 13.1. The minimum atomic E-state index is -0.0932. The summed E-state index contributed by atoms with van der Waals surface area (Å²) in [5.41, 5.74) is 3.24. The van der Waals surface area contributed by atoms with E-state index in [-0.39, 0.29) is 5.91 Å². The first-order valence-corrected chi connectivity index (χ1v) is 7.18. The van der Waals surface area contributed by atoms with E-state index in [4.69, 9.17) is 5.26 Å². The van der Waals surface area contributed by atoms with Gasteiger partial charge in [-0.15, -0.1) is 0 Å². The number of nitriles is 1. The molecule has 0 spiro atoms. The van der Waals surface area contributed by atoms with Gasteiger partial charge in [0.1, 0.15) is 0 Å². The lowest BCUT2D eigenvalue weighted by molar-refractivity contribution is 0.0963. The van der Waals surface area contributed by atoms with Gasteiger partial charge in [0.2, 0.25) is 0 Å². The normalized spacial score (nSPS) is 9.76. The number of nitrogens with zero attached hydrogens (tertiary/aromatic N) is 1. The standard InChI is InChI=1S/C16H14BrN3O/c1-19-16(21)13-5-2-11(3-6-13)10-20-15-7-4-12(9-18)8-14(15)17/h2-8,20H,10H2,1H3,(H,19,21). The SMILES string of the molecule is CNC(=O)c1ccc(CNc2ccc(C#N)cc2Br)cc1. The molecule has 2 aromatic carbocycles. The van der Waals surface area contributed by atoms with E-state index in [9.17, 15) is 4.79 Å². The van der Waals surface area contributed by atoms with Crippen molar-refractivity contribution in [2.24, 2.45) is 0 Å². The van der Waals surface area contributed by atoms with Crippen molar-refractivity contribution in [3.8, 4) is 6.07 Å². The summed E-state index contributed by atoms with van der Waals surface area (Å²) in [5, 5.41) is 14.7. The highest BCUT2D eigenvalue weighted by molar-refractivity contribution is 9.10. The first-order valence-electron chi connectivity index (χ1n) is 6.38. The lowest BCUT2D eigenvalue weighted by Gasteiger charge is -2.09. The molecule has 0 aliphatic carbocycles. The summed E-state index contributed by atoms with van der Waals surface area (Å²) in [6.07, 6.45) is 0. The Morgan fingerprint density at radius 3 is 2.52 bits per heavy atom. The minimum Gasteiger partial charge on any atom is -0.380 e. The number of nitrogens with one attached hydrogen (secondary N) is 2. The predicted octanol–water partition coefficient (Wildman–Crippen LogP) is 3.29. The molecule has 0 saturated carbocycles. The molecule has 0 atom stereocenters. The molecule has 0 aliphatic heterocycles. The lowest BCUT2D eigenvalue weighted by Crippen LogP contribution is -2.17. The Morgan fingerprint density at radius 1 is 1.24 bits per heavy atom. The van der Waals surface area contributed by atoms with Crippen LogP contribution in [0.4, 0.5) is 5.69 Å². The number of anilines is 1. The highest BCUT2D eigenvalue weighted by atomic mass is 79.9. The minimum absolute atomic E-state index is 0.0932. The maximum atomic E-state index is 11.4. The van der Waals surface area contributed by atoms with Crippen LogP contribution < -0.4 is 10.6 Å². The van der Waals surface area contributed by atoms with Crippen LogP contribution in [0.25, 0.3) is 0 Å². The van der Waals surface area contributed by atoms with Crippen LogP contribution in [0.3, 0.4) is 0 Å². The van der Waals surface area contributed by atoms with Gasteiger partial charge in [-0.05, 0) is 51.8 Å². The van der Waals surface area contributed by atoms with E-state index in [1.165, 1.54) is 0 Å². The van der Waals surface area contributed by atoms with Crippen LogP contribution in [0.1, 0.15) is 21.5 Å². The fourth-order valence-corrected chi connectivity index (χ4v) is 2.36. The molecule has 2 N–H and O–H groups in total. The summed E-state index contributed by atoms with van der Waals surface area (Å²) >= 11 is 3.43. The number of hydrogen-bond acceptors (Lipinski definition) is 3. The molecule has 21 heavy (non-hydrogen) atoms. The summed E-state index contributed by atoms with van der Waals surface area (Å²) in [4.78, 5) is 11.4. The highest BCUT2D eigenvalue weighted by Gasteiger charge is 2.04. The number of carbonyl (C=O) groups is 1. The molecule has 0 unspecified atom stereocenters. The largest absolute Gasteiger partial charge is 0.380 e. The summed E-state index contributed by atoms with van der Waals surface area (Å²) in [6.45, 7) is 0.637. The first-order chi connectivity index (χ1) is 10.1. The van der Waals surface area contributed by atoms with E-state index in [0.29, 0.717) is 17.7 Å². The molecule has 4 nitrogen and oxygen atoms in total. The molecular weight excluding hydrogens is 330 g/mol. The summed E-state index contributed by atoms with van der Waals surface area (Å²) in [7, 11) is 1.61. The molecule has 0 aromatic heterocycles. The van der Waals surface area contributed by atoms with Crippen molar-refractivity contribution in [2.45, 2.75) is 6.54 Å². The van der Waals surface area contributed by atoms with Crippen molar-refractivity contribution in [1.29, 1.82) is 5.26 Å². The molecule has 2 aromatic rings. The van der Waals surface area contributed by atoms with Crippen LogP contribution in [-0.4, -0.2) is 13.0 Å². The van der Waals surface area contributed by atoms with Gasteiger partial charge in [0.05, 0.1) is 11.6 Å². The third-order valence-corrected chi connectivity index (χ3v) is 3.68. The van der Waals surface area contributed by atoms with E-state index < -0.39 is 0 Å². The average molecular weight is 344 g/mol. The van der Waals surface area contributed by atoms with Gasteiger partial charge in [-0.25, -0.2) is 0 Å². The third-order valence-electron chi connectivity index (χ3n) is 3.02. The van der Waals surface area contributed by atoms with Gasteiger partial charge < -0.3 is 10.6 Å². The fraction of sp³-hybridized carbons (Fsp3) is 0.125. The second-order valence-electron chi connectivity index (χ2n) is 4.44. The molecule has 106 valence electrons. The van der Waals surface area contributed by atoms with Gasteiger partial charge in [-0.1, -0.05) is 12.1 Å².